The molecule has 0 radical (unpaired) electrons. The number of fused-ring (bicyclic) bond motifs is 1. The van der Waals surface area contributed by atoms with Crippen molar-refractivity contribution in [3.63, 3.8) is 0 Å². The molecule has 1 aliphatic heterocycles. The van der Waals surface area contributed by atoms with E-state index in [-0.39, 0.29) is 0 Å². The third-order valence-corrected chi connectivity index (χ3v) is 4.72. The molecule has 0 fully saturated rings. The molecule has 0 bridgehead atoms. The van der Waals surface area contributed by atoms with Crippen molar-refractivity contribution in [2.24, 2.45) is 0 Å². The van der Waals surface area contributed by atoms with Crippen LogP contribution >= 0.6 is 11.3 Å². The lowest BCUT2D eigenvalue weighted by Crippen LogP contribution is -2.12. The summed E-state index contributed by atoms with van der Waals surface area (Å²) in [6.45, 7) is 7.21. The second-order valence-corrected chi connectivity index (χ2v) is 5.88. The van der Waals surface area contributed by atoms with Crippen LogP contribution in [0.5, 0.6) is 0 Å². The minimum Gasteiger partial charge on any atom is -0.317 e. The Kier molecular flexibility index (Phi) is 3.53. The molecule has 19 heavy (non-hydrogen) atoms. The SMILES string of the molecule is CCNCc1sc(N2CCc3ccccc32)nc1C. The van der Waals surface area contributed by atoms with Crippen molar-refractivity contribution in [2.75, 3.05) is 18.0 Å². The highest BCUT2D eigenvalue weighted by Crippen LogP contribution is 2.37. The summed E-state index contributed by atoms with van der Waals surface area (Å²) in [6, 6.07) is 8.64. The van der Waals surface area contributed by atoms with Gasteiger partial charge in [0.15, 0.2) is 5.13 Å². The summed E-state index contributed by atoms with van der Waals surface area (Å²) in [5, 5.41) is 4.51. The molecule has 1 aromatic heterocycles. The number of aromatic nitrogens is 1. The predicted octanol–water partition coefficient (Wildman–Crippen LogP) is 3.26. The summed E-state index contributed by atoms with van der Waals surface area (Å²) in [4.78, 5) is 8.45. The highest BCUT2D eigenvalue weighted by Gasteiger charge is 2.22. The number of hydrogen-bond donors (Lipinski definition) is 1. The molecule has 1 aromatic carbocycles. The van der Waals surface area contributed by atoms with Gasteiger partial charge in [0.1, 0.15) is 0 Å². The first-order valence-electron chi connectivity index (χ1n) is 6.82. The summed E-state index contributed by atoms with van der Waals surface area (Å²) in [7, 11) is 0. The molecule has 0 atom stereocenters. The molecule has 0 unspecified atom stereocenters. The standard InChI is InChI=1S/C15H19N3S/c1-3-16-10-14-11(2)17-15(19-14)18-9-8-12-6-4-5-7-13(12)18/h4-7,16H,3,8-10H2,1-2H3. The van der Waals surface area contributed by atoms with Gasteiger partial charge < -0.3 is 10.2 Å². The summed E-state index contributed by atoms with van der Waals surface area (Å²) in [6.07, 6.45) is 1.12. The molecule has 0 amide bonds. The van der Waals surface area contributed by atoms with Gasteiger partial charge in [-0.2, -0.15) is 0 Å². The average Bonchev–Trinajstić information content (AvgIpc) is 3.00. The maximum atomic E-state index is 4.75. The Bertz CT molecular complexity index is 577. The van der Waals surface area contributed by atoms with Crippen LogP contribution in [0, 0.1) is 6.92 Å². The lowest BCUT2D eigenvalue weighted by molar-refractivity contribution is 0.731. The van der Waals surface area contributed by atoms with E-state index in [1.54, 1.807) is 0 Å². The first kappa shape index (κ1) is 12.6. The summed E-state index contributed by atoms with van der Waals surface area (Å²) >= 11 is 1.81. The van der Waals surface area contributed by atoms with E-state index in [0.717, 1.165) is 36.9 Å². The Labute approximate surface area is 118 Å². The Hall–Kier alpha value is -1.39. The van der Waals surface area contributed by atoms with E-state index in [1.165, 1.54) is 16.1 Å². The Balaban J connectivity index is 1.88. The molecule has 3 nitrogen and oxygen atoms in total. The highest BCUT2D eigenvalue weighted by atomic mass is 32.1. The Morgan fingerprint density at radius 2 is 2.21 bits per heavy atom. The normalized spacial score (nSPS) is 13.9. The third kappa shape index (κ3) is 2.38. The first-order chi connectivity index (χ1) is 9.29. The molecule has 0 saturated heterocycles. The fraction of sp³-hybridized carbons (Fsp3) is 0.400. The number of rotatable bonds is 4. The van der Waals surface area contributed by atoms with Crippen molar-refractivity contribution in [1.29, 1.82) is 0 Å². The van der Waals surface area contributed by atoms with E-state index in [0.29, 0.717) is 0 Å². The van der Waals surface area contributed by atoms with Crippen LogP contribution in [0.25, 0.3) is 0 Å². The van der Waals surface area contributed by atoms with Gasteiger partial charge in [-0.1, -0.05) is 36.5 Å². The molecule has 1 N–H and O–H groups in total. The van der Waals surface area contributed by atoms with Gasteiger partial charge in [-0.15, -0.1) is 0 Å². The lowest BCUT2D eigenvalue weighted by Gasteiger charge is -2.15. The van der Waals surface area contributed by atoms with Gasteiger partial charge in [0, 0.05) is 23.7 Å². The van der Waals surface area contributed by atoms with Crippen molar-refractivity contribution < 1.29 is 0 Å². The third-order valence-electron chi connectivity index (χ3n) is 3.53. The maximum Gasteiger partial charge on any atom is 0.190 e. The molecule has 100 valence electrons. The van der Waals surface area contributed by atoms with E-state index in [9.17, 15) is 0 Å². The van der Waals surface area contributed by atoms with Crippen LogP contribution in [0.2, 0.25) is 0 Å². The van der Waals surface area contributed by atoms with Gasteiger partial charge >= 0.3 is 0 Å². The van der Waals surface area contributed by atoms with Crippen LogP contribution < -0.4 is 10.2 Å². The molecule has 2 heterocycles. The molecular weight excluding hydrogens is 254 g/mol. The topological polar surface area (TPSA) is 28.2 Å². The fourth-order valence-electron chi connectivity index (χ4n) is 2.47. The molecule has 0 aliphatic carbocycles. The van der Waals surface area contributed by atoms with Crippen LogP contribution in [0.3, 0.4) is 0 Å². The molecule has 3 rings (SSSR count). The van der Waals surface area contributed by atoms with Crippen molar-refractivity contribution >= 4 is 22.2 Å². The zero-order valence-electron chi connectivity index (χ0n) is 11.4. The van der Waals surface area contributed by atoms with Crippen LogP contribution in [-0.4, -0.2) is 18.1 Å². The number of anilines is 2. The van der Waals surface area contributed by atoms with E-state index in [4.69, 9.17) is 4.98 Å². The first-order valence-corrected chi connectivity index (χ1v) is 7.63. The Morgan fingerprint density at radius 1 is 1.37 bits per heavy atom. The molecule has 1 aliphatic rings. The van der Waals surface area contributed by atoms with Crippen LogP contribution in [0.15, 0.2) is 24.3 Å². The van der Waals surface area contributed by atoms with Crippen LogP contribution in [0.1, 0.15) is 23.1 Å². The summed E-state index contributed by atoms with van der Waals surface area (Å²) in [5.41, 5.74) is 3.92. The van der Waals surface area contributed by atoms with E-state index in [1.807, 2.05) is 11.3 Å². The van der Waals surface area contributed by atoms with Gasteiger partial charge in [0.2, 0.25) is 0 Å². The molecule has 4 heteroatoms. The number of thiazole rings is 1. The number of para-hydroxylation sites is 1. The van der Waals surface area contributed by atoms with E-state index < -0.39 is 0 Å². The van der Waals surface area contributed by atoms with E-state index in [2.05, 4.69) is 48.3 Å². The second kappa shape index (κ2) is 5.31. The minimum atomic E-state index is 0.926. The number of hydrogen-bond acceptors (Lipinski definition) is 4. The van der Waals surface area contributed by atoms with Gasteiger partial charge in [-0.05, 0) is 31.5 Å². The lowest BCUT2D eigenvalue weighted by atomic mass is 10.2. The largest absolute Gasteiger partial charge is 0.317 e. The van der Waals surface area contributed by atoms with Gasteiger partial charge in [0.25, 0.3) is 0 Å². The predicted molar refractivity (Wildman–Crippen MR) is 81.4 cm³/mol. The Morgan fingerprint density at radius 3 is 3.05 bits per heavy atom. The van der Waals surface area contributed by atoms with Crippen molar-refractivity contribution in [1.82, 2.24) is 10.3 Å². The highest BCUT2D eigenvalue weighted by molar-refractivity contribution is 7.15. The van der Waals surface area contributed by atoms with Gasteiger partial charge in [0.05, 0.1) is 5.69 Å². The zero-order valence-corrected chi connectivity index (χ0v) is 12.3. The summed E-state index contributed by atoms with van der Waals surface area (Å²) < 4.78 is 0. The van der Waals surface area contributed by atoms with Crippen LogP contribution in [0.4, 0.5) is 10.8 Å². The average molecular weight is 273 g/mol. The minimum absolute atomic E-state index is 0.926. The van der Waals surface area contributed by atoms with Gasteiger partial charge in [-0.25, -0.2) is 4.98 Å². The quantitative estimate of drug-likeness (QED) is 0.927. The maximum absolute atomic E-state index is 4.75. The van der Waals surface area contributed by atoms with Crippen LogP contribution in [-0.2, 0) is 13.0 Å². The number of nitrogens with one attached hydrogen (secondary N) is 1. The van der Waals surface area contributed by atoms with Gasteiger partial charge in [-0.3, -0.25) is 0 Å². The van der Waals surface area contributed by atoms with Crippen molar-refractivity contribution in [2.45, 2.75) is 26.8 Å². The number of benzene rings is 1. The smallest absolute Gasteiger partial charge is 0.190 e. The molecular formula is C15H19N3S. The fourth-order valence-corrected chi connectivity index (χ4v) is 3.54. The number of nitrogens with zero attached hydrogens (tertiary/aromatic N) is 2. The van der Waals surface area contributed by atoms with Crippen molar-refractivity contribution in [3.05, 3.63) is 40.4 Å². The molecule has 2 aromatic rings. The molecule has 0 spiro atoms. The van der Waals surface area contributed by atoms with E-state index >= 15 is 0 Å². The zero-order chi connectivity index (χ0) is 13.2. The van der Waals surface area contributed by atoms with Crippen molar-refractivity contribution in [3.8, 4) is 0 Å². The second-order valence-electron chi connectivity index (χ2n) is 4.82. The number of aryl methyl sites for hydroxylation is 1. The summed E-state index contributed by atoms with van der Waals surface area (Å²) in [5.74, 6) is 0. The monoisotopic (exact) mass is 273 g/mol. The molecule has 0 saturated carbocycles.